The summed E-state index contributed by atoms with van der Waals surface area (Å²) in [4.78, 5) is 21.1. The van der Waals surface area contributed by atoms with Gasteiger partial charge in [0.2, 0.25) is 11.8 Å². The molecule has 7 nitrogen and oxygen atoms in total. The first-order valence-electron chi connectivity index (χ1n) is 10.9. The van der Waals surface area contributed by atoms with Gasteiger partial charge >= 0.3 is 0 Å². The van der Waals surface area contributed by atoms with E-state index in [2.05, 4.69) is 20.6 Å². The Morgan fingerprint density at radius 2 is 1.86 bits per heavy atom. The summed E-state index contributed by atoms with van der Waals surface area (Å²) in [5.41, 5.74) is 4.41. The van der Waals surface area contributed by atoms with Gasteiger partial charge in [0, 0.05) is 34.1 Å². The summed E-state index contributed by atoms with van der Waals surface area (Å²) < 4.78 is 11.6. The Kier molecular flexibility index (Phi) is 6.62. The number of benzene rings is 2. The van der Waals surface area contributed by atoms with E-state index < -0.39 is 5.91 Å². The normalized spacial score (nSPS) is 11.2. The van der Waals surface area contributed by atoms with Crippen molar-refractivity contribution in [3.05, 3.63) is 95.3 Å². The lowest BCUT2D eigenvalue weighted by molar-refractivity contribution is -0.115. The molecule has 0 bridgehead atoms. The molecule has 0 aliphatic rings. The van der Waals surface area contributed by atoms with Gasteiger partial charge in [-0.1, -0.05) is 17.7 Å². The van der Waals surface area contributed by atoms with E-state index in [1.165, 1.54) is 6.08 Å². The number of anilines is 1. The van der Waals surface area contributed by atoms with Gasteiger partial charge in [-0.15, -0.1) is 0 Å². The van der Waals surface area contributed by atoms with E-state index in [9.17, 15) is 4.79 Å². The van der Waals surface area contributed by atoms with Crippen molar-refractivity contribution in [1.82, 2.24) is 15.3 Å². The molecule has 5 rings (SSSR count). The molecule has 1 amide bonds. The second-order valence-electron chi connectivity index (χ2n) is 7.81. The van der Waals surface area contributed by atoms with Gasteiger partial charge in [-0.2, -0.15) is 4.98 Å². The van der Waals surface area contributed by atoms with Crippen LogP contribution in [0.25, 0.3) is 40.1 Å². The van der Waals surface area contributed by atoms with Crippen LogP contribution in [0.4, 0.5) is 5.69 Å². The van der Waals surface area contributed by atoms with Gasteiger partial charge in [-0.3, -0.25) is 10.1 Å². The van der Waals surface area contributed by atoms with Crippen LogP contribution in [-0.4, -0.2) is 21.0 Å². The fraction of sp³-hybridized carbons (Fsp3) is 0.0370. The van der Waals surface area contributed by atoms with Crippen molar-refractivity contribution in [3.63, 3.8) is 0 Å². The Bertz CT molecular complexity index is 1570. The third kappa shape index (κ3) is 5.19. The van der Waals surface area contributed by atoms with Crippen molar-refractivity contribution in [2.24, 2.45) is 0 Å². The molecule has 5 aromatic rings. The van der Waals surface area contributed by atoms with Crippen molar-refractivity contribution in [1.29, 1.82) is 0 Å². The quantitative estimate of drug-likeness (QED) is 0.200. The molecule has 0 spiro atoms. The number of hydrogen-bond donors (Lipinski definition) is 2. The molecule has 0 radical (unpaired) electrons. The maximum absolute atomic E-state index is 12.4. The molecule has 0 fully saturated rings. The average molecular weight is 515 g/mol. The van der Waals surface area contributed by atoms with Crippen LogP contribution in [0.5, 0.6) is 0 Å². The largest absolute Gasteiger partial charge is 0.457 e. The Morgan fingerprint density at radius 3 is 2.67 bits per heavy atom. The second-order valence-corrected chi connectivity index (χ2v) is 8.65. The number of nitrogens with zero attached hydrogens (tertiary/aromatic N) is 2. The number of hydrogen-bond acceptors (Lipinski definition) is 6. The van der Waals surface area contributed by atoms with Crippen molar-refractivity contribution in [3.8, 4) is 22.8 Å². The lowest BCUT2D eigenvalue weighted by atomic mass is 10.1. The van der Waals surface area contributed by atoms with Gasteiger partial charge in [-0.05, 0) is 91.4 Å². The first-order chi connectivity index (χ1) is 17.5. The molecule has 9 heteroatoms. The number of fused-ring (bicyclic) bond motifs is 1. The molecule has 2 N–H and O–H groups in total. The van der Waals surface area contributed by atoms with Crippen LogP contribution in [-0.2, 0) is 4.79 Å². The maximum Gasteiger partial charge on any atom is 0.250 e. The van der Waals surface area contributed by atoms with E-state index in [0.717, 1.165) is 22.4 Å². The number of carbonyl (C=O) groups excluding carboxylic acids is 1. The number of amides is 1. The predicted octanol–water partition coefficient (Wildman–Crippen LogP) is 6.64. The smallest absolute Gasteiger partial charge is 0.250 e. The summed E-state index contributed by atoms with van der Waals surface area (Å²) in [6, 6.07) is 20.1. The van der Waals surface area contributed by atoms with Gasteiger partial charge in [0.15, 0.2) is 16.3 Å². The SMILES string of the molecule is Cc1c(NC(=S)NC(=O)C=Cc2ccc(-c3ccc(Cl)cc3)o2)cccc1-c1nc2ncccc2o1. The molecule has 3 heterocycles. The van der Waals surface area contributed by atoms with Gasteiger partial charge in [0.25, 0.3) is 0 Å². The van der Waals surface area contributed by atoms with Crippen LogP contribution >= 0.6 is 23.8 Å². The highest BCUT2D eigenvalue weighted by molar-refractivity contribution is 7.80. The minimum absolute atomic E-state index is 0.158. The van der Waals surface area contributed by atoms with E-state index in [1.807, 2.05) is 49.4 Å². The van der Waals surface area contributed by atoms with Crippen LogP contribution in [0.3, 0.4) is 0 Å². The fourth-order valence-corrected chi connectivity index (χ4v) is 3.90. The van der Waals surface area contributed by atoms with E-state index in [4.69, 9.17) is 32.7 Å². The molecule has 2 aromatic carbocycles. The van der Waals surface area contributed by atoms with Crippen LogP contribution in [0.1, 0.15) is 11.3 Å². The topological polar surface area (TPSA) is 93.2 Å². The van der Waals surface area contributed by atoms with Crippen molar-refractivity contribution >= 4 is 57.8 Å². The van der Waals surface area contributed by atoms with E-state index in [1.54, 1.807) is 36.5 Å². The highest BCUT2D eigenvalue weighted by Crippen LogP contribution is 2.30. The molecule has 0 saturated carbocycles. The molecular formula is C27H19ClN4O3S. The van der Waals surface area contributed by atoms with Crippen LogP contribution in [0.15, 0.2) is 87.8 Å². The molecule has 36 heavy (non-hydrogen) atoms. The lowest BCUT2D eigenvalue weighted by Gasteiger charge is -2.12. The fourth-order valence-electron chi connectivity index (χ4n) is 3.56. The Hall–Kier alpha value is -4.27. The van der Waals surface area contributed by atoms with Gasteiger partial charge in [-0.25, -0.2) is 4.98 Å². The van der Waals surface area contributed by atoms with Crippen LogP contribution in [0, 0.1) is 6.92 Å². The monoisotopic (exact) mass is 514 g/mol. The van der Waals surface area contributed by atoms with E-state index in [-0.39, 0.29) is 5.11 Å². The molecule has 3 aromatic heterocycles. The van der Waals surface area contributed by atoms with Gasteiger partial charge in [0.05, 0.1) is 0 Å². The molecular weight excluding hydrogens is 496 g/mol. The molecule has 0 aliphatic carbocycles. The molecule has 0 atom stereocenters. The Labute approximate surface area is 216 Å². The molecule has 0 aliphatic heterocycles. The summed E-state index contributed by atoms with van der Waals surface area (Å²) in [6.45, 7) is 1.92. The Balaban J connectivity index is 1.23. The Morgan fingerprint density at radius 1 is 1.03 bits per heavy atom. The third-order valence-corrected chi connectivity index (χ3v) is 5.82. The summed E-state index contributed by atoms with van der Waals surface area (Å²) in [7, 11) is 0. The number of rotatable bonds is 5. The maximum atomic E-state index is 12.4. The zero-order valence-corrected chi connectivity index (χ0v) is 20.6. The first-order valence-corrected chi connectivity index (χ1v) is 11.7. The third-order valence-electron chi connectivity index (χ3n) is 5.37. The number of pyridine rings is 1. The second kappa shape index (κ2) is 10.2. The number of aromatic nitrogens is 2. The number of oxazole rings is 1. The van der Waals surface area contributed by atoms with Crippen LogP contribution < -0.4 is 10.6 Å². The highest BCUT2D eigenvalue weighted by Gasteiger charge is 2.14. The van der Waals surface area contributed by atoms with Crippen LogP contribution in [0.2, 0.25) is 5.02 Å². The zero-order chi connectivity index (χ0) is 25.1. The van der Waals surface area contributed by atoms with Crippen molar-refractivity contribution in [2.45, 2.75) is 6.92 Å². The summed E-state index contributed by atoms with van der Waals surface area (Å²) in [6.07, 6.45) is 4.59. The van der Waals surface area contributed by atoms with E-state index in [0.29, 0.717) is 33.7 Å². The van der Waals surface area contributed by atoms with Gasteiger partial charge in [0.1, 0.15) is 11.5 Å². The van der Waals surface area contributed by atoms with Gasteiger partial charge < -0.3 is 14.2 Å². The van der Waals surface area contributed by atoms with Crippen molar-refractivity contribution in [2.75, 3.05) is 5.32 Å². The average Bonchev–Trinajstić information content (AvgIpc) is 3.52. The number of halogens is 1. The summed E-state index contributed by atoms with van der Waals surface area (Å²) in [5, 5.41) is 6.51. The minimum atomic E-state index is -0.393. The van der Waals surface area contributed by atoms with Crippen molar-refractivity contribution < 1.29 is 13.6 Å². The number of nitrogens with one attached hydrogen (secondary N) is 2. The minimum Gasteiger partial charge on any atom is -0.457 e. The zero-order valence-electron chi connectivity index (χ0n) is 19.0. The first kappa shape index (κ1) is 23.5. The molecule has 178 valence electrons. The predicted molar refractivity (Wildman–Crippen MR) is 145 cm³/mol. The number of carbonyl (C=O) groups is 1. The highest BCUT2D eigenvalue weighted by atomic mass is 35.5. The standard InChI is InChI=1S/C27H19ClN4O3S/c1-16-20(26-32-25-23(35-26)6-3-15-29-25)4-2-5-21(16)30-27(36)31-24(33)14-12-19-11-13-22(34-19)17-7-9-18(28)10-8-17/h2-15H,1H3,(H2,30,31,33,36). The molecule has 0 saturated heterocycles. The summed E-state index contributed by atoms with van der Waals surface area (Å²) in [5.74, 6) is 1.27. The lowest BCUT2D eigenvalue weighted by Crippen LogP contribution is -2.33. The molecule has 0 unspecified atom stereocenters. The number of thiocarbonyl (C=S) groups is 1. The number of furan rings is 1. The summed E-state index contributed by atoms with van der Waals surface area (Å²) >= 11 is 11.3. The van der Waals surface area contributed by atoms with E-state index >= 15 is 0 Å².